The van der Waals surface area contributed by atoms with Gasteiger partial charge in [0.2, 0.25) is 82.5 Å². The fourth-order valence-electron chi connectivity index (χ4n) is 15.1. The number of hydrogen-bond acceptors (Lipinski definition) is 22. The van der Waals surface area contributed by atoms with E-state index in [-0.39, 0.29) is 119 Å². The summed E-state index contributed by atoms with van der Waals surface area (Å²) in [6, 6.07) is 0.173. The van der Waals surface area contributed by atoms with Gasteiger partial charge in [-0.2, -0.15) is 0 Å². The molecule has 14 amide bonds. The number of carbonyl (C=O) groups is 15. The van der Waals surface area contributed by atoms with Crippen LogP contribution in [-0.4, -0.2) is 265 Å². The molecule has 3 fully saturated rings. The Balaban J connectivity index is 1.00. The number of ether oxygens (including phenoxy) is 3. The van der Waals surface area contributed by atoms with Crippen LogP contribution in [0, 0.1) is 24.2 Å². The van der Waals surface area contributed by atoms with Gasteiger partial charge in [-0.3, -0.25) is 77.7 Å². The van der Waals surface area contributed by atoms with E-state index in [9.17, 15) is 82.1 Å². The van der Waals surface area contributed by atoms with Crippen molar-refractivity contribution in [3.63, 3.8) is 0 Å². The third kappa shape index (κ3) is 28.4. The minimum absolute atomic E-state index is 0.0130. The first-order chi connectivity index (χ1) is 58.7. The number of quaternary nitrogens is 1. The molecule has 0 saturated carbocycles. The molecule has 3 aromatic carbocycles. The van der Waals surface area contributed by atoms with Crippen LogP contribution in [0.15, 0.2) is 65.1 Å². The smallest absolute Gasteiger partial charge is 0.305 e. The number of carboxylic acids is 1. The fourth-order valence-corrected chi connectivity index (χ4v) is 15.2. The number of methoxy groups -OCH3 is 3. The highest BCUT2D eigenvalue weighted by Gasteiger charge is 2.46. The molecule has 13 unspecified atom stereocenters. The van der Waals surface area contributed by atoms with Gasteiger partial charge in [-0.15, -0.1) is 0 Å². The summed E-state index contributed by atoms with van der Waals surface area (Å²) in [5.74, 6) is -12.7. The molecule has 0 bridgehead atoms. The van der Waals surface area contributed by atoms with E-state index in [4.69, 9.17) is 41.4 Å². The number of carbonyl (C=O) groups excluding carboxylic acids is 14. The molecule has 0 spiro atoms. The van der Waals surface area contributed by atoms with Gasteiger partial charge in [-0.1, -0.05) is 77.4 Å². The molecular weight excluding hydrogens is 1630 g/mol. The number of hydrogen-bond donors (Lipinski definition) is 17. The van der Waals surface area contributed by atoms with E-state index in [1.165, 1.54) is 45.0 Å². The molecule has 0 radical (unpaired) electrons. The van der Waals surface area contributed by atoms with Crippen LogP contribution in [0.2, 0.25) is 5.02 Å². The molecule has 13 atom stereocenters. The number of fused-ring (bicyclic) bond motifs is 1. The van der Waals surface area contributed by atoms with E-state index in [0.29, 0.717) is 64.3 Å². The molecular formula is C84H122ClN18O21+. The largest absolute Gasteiger partial charge is 0.497 e. The minimum atomic E-state index is -1.88. The Morgan fingerprint density at radius 3 is 1.70 bits per heavy atom. The van der Waals surface area contributed by atoms with Gasteiger partial charge in [-0.05, 0) is 144 Å². The molecule has 40 heteroatoms. The zero-order valence-corrected chi connectivity index (χ0v) is 73.1. The van der Waals surface area contributed by atoms with Crippen LogP contribution in [0.5, 0.6) is 17.2 Å². The SMILES string of the molecule is COc1ccc(CC(NC(=O)C(C)NC(=O)C(CC(C)C)NC(=O)c2oc3c(OC)c(OC)ccc3c2C)C(=O)N2CCCC2C(=O)NC(CC(=O)O)C(=O)NC(C)C(=O)NC(C(=O)N2CC(O)CC2C(=O)NC(Cc2ccc(Cl)cc2)C(=O)NC(CCCNC(=N)[NH3+])C(=O)N2CCCC2C(=O)NCC(=O)NCCCCC(NC(C)C)C(N)=O)C(C)C)cc1. The van der Waals surface area contributed by atoms with Crippen molar-refractivity contribution in [3.05, 3.63) is 88.1 Å². The second-order valence-corrected chi connectivity index (χ2v) is 32.9. The lowest BCUT2D eigenvalue weighted by atomic mass is 10.0. The summed E-state index contributed by atoms with van der Waals surface area (Å²) in [6.45, 7) is 14.5. The number of benzene rings is 3. The zero-order valence-electron chi connectivity index (χ0n) is 72.3. The Hall–Kier alpha value is -11.7. The number of primary amides is 1. The predicted octanol–water partition coefficient (Wildman–Crippen LogP) is -0.641. The van der Waals surface area contributed by atoms with Crippen molar-refractivity contribution in [2.24, 2.45) is 17.6 Å². The normalized spacial score (nSPS) is 17.8. The van der Waals surface area contributed by atoms with Crippen LogP contribution in [0.4, 0.5) is 0 Å². The van der Waals surface area contributed by atoms with Crippen LogP contribution >= 0.6 is 11.6 Å². The van der Waals surface area contributed by atoms with E-state index in [1.807, 2.05) is 27.7 Å². The lowest BCUT2D eigenvalue weighted by Crippen LogP contribution is -2.63. The van der Waals surface area contributed by atoms with Gasteiger partial charge in [0.25, 0.3) is 11.9 Å². The van der Waals surface area contributed by atoms with E-state index in [2.05, 4.69) is 69.5 Å². The second kappa shape index (κ2) is 47.2. The van der Waals surface area contributed by atoms with Gasteiger partial charge in [0.1, 0.15) is 72.2 Å². The standard InChI is InChI=1S/C84H121ClN18O21/c1-43(2)36-57(98-80(117)68-46(7)54-30-31-64(122-11)70(123-12)69(54)124-68)74(111)93-47(8)72(109)99-60(38-50-24-28-53(121-10)29-25-50)82(119)102-35-17-21-62(102)78(115)97-59(40-66(106)107)75(112)94-48(9)73(110)100-67(44(3)4)83(120)103-42-52(104)39-63(103)79(116)96-58(37-49-22-26-51(85)27-23-49)76(113)95-56(19-15-33-90-84(87)88)81(118)101-34-16-20-61(101)77(114)91-41-65(105)89-32-14-13-18-55(71(86)108)92-45(5)6/h22-31,43-45,47-48,52,55-63,67,92,104H,13-21,32-42H2,1-12H3,(H2,86,108)(H,89,105)(H,91,114)(H,93,111)(H,94,112)(H,95,113)(H,96,116)(H,97,115)(H,98,117)(H,99,109)(H,100,110)(H,106,107)(H4,87,88,90)/p+1. The van der Waals surface area contributed by atoms with E-state index >= 15 is 0 Å². The van der Waals surface area contributed by atoms with Crippen LogP contribution in [0.25, 0.3) is 11.0 Å². The monoisotopic (exact) mass is 1750 g/mol. The minimum Gasteiger partial charge on any atom is -0.497 e. The van der Waals surface area contributed by atoms with E-state index in [1.54, 1.807) is 81.4 Å². The molecule has 3 saturated heterocycles. The van der Waals surface area contributed by atoms with Crippen LogP contribution in [-0.2, 0) is 80.0 Å². The van der Waals surface area contributed by atoms with E-state index in [0.717, 1.165) is 4.90 Å². The Labute approximate surface area is 724 Å². The molecule has 124 heavy (non-hydrogen) atoms. The summed E-state index contributed by atoms with van der Waals surface area (Å²) in [4.78, 5) is 214. The lowest BCUT2D eigenvalue weighted by molar-refractivity contribution is -0.223. The number of halogens is 1. The maximum atomic E-state index is 15.0. The van der Waals surface area contributed by atoms with Crippen LogP contribution in [0.3, 0.4) is 0 Å². The number of aliphatic carboxylic acids is 1. The molecule has 4 aromatic rings. The van der Waals surface area contributed by atoms with Gasteiger partial charge >= 0.3 is 5.97 Å². The maximum absolute atomic E-state index is 15.0. The number of unbranched alkanes of at least 4 members (excludes halogenated alkanes) is 1. The molecule has 0 aliphatic carbocycles. The van der Waals surface area contributed by atoms with Gasteiger partial charge in [0, 0.05) is 74.0 Å². The number of furan rings is 1. The summed E-state index contributed by atoms with van der Waals surface area (Å²) in [7, 11) is 4.33. The van der Waals surface area contributed by atoms with Crippen molar-refractivity contribution in [1.29, 1.82) is 5.41 Å². The first-order valence-electron chi connectivity index (χ1n) is 41.7. The highest BCUT2D eigenvalue weighted by Crippen LogP contribution is 2.39. The fraction of sp³-hybridized carbons (Fsp3) is 0.571. The Morgan fingerprint density at radius 1 is 0.581 bits per heavy atom. The van der Waals surface area contributed by atoms with Crippen molar-refractivity contribution in [3.8, 4) is 17.2 Å². The number of nitrogens with zero attached hydrogens (tertiary/aromatic N) is 3. The summed E-state index contributed by atoms with van der Waals surface area (Å²) in [5, 5.41) is 62.3. The molecule has 7 rings (SSSR count). The first-order valence-corrected chi connectivity index (χ1v) is 42.1. The molecule has 1 aromatic heterocycles. The molecule has 4 heterocycles. The van der Waals surface area contributed by atoms with Crippen molar-refractivity contribution in [2.45, 2.75) is 237 Å². The number of nitrogens with one attached hydrogen (secondary N) is 13. The van der Waals surface area contributed by atoms with E-state index < -0.39 is 193 Å². The first kappa shape index (κ1) is 99.4. The number of aliphatic hydroxyl groups excluding tert-OH is 1. The van der Waals surface area contributed by atoms with Crippen LogP contribution < -0.4 is 89.5 Å². The van der Waals surface area contributed by atoms with Crippen molar-refractivity contribution < 1.29 is 106 Å². The molecule has 20 N–H and O–H groups in total. The number of β-amino-alcohol motifs (C(OH)–C–C–N with tert-alkyl or cyclic N) is 1. The van der Waals surface area contributed by atoms with Crippen molar-refractivity contribution in [1.82, 2.24) is 78.5 Å². The molecule has 680 valence electrons. The quantitative estimate of drug-likeness (QED) is 0.0149. The number of aryl methyl sites for hydroxylation is 1. The molecule has 39 nitrogen and oxygen atoms in total. The number of aliphatic hydroxyl groups is 1. The highest BCUT2D eigenvalue weighted by molar-refractivity contribution is 6.30. The topological polar surface area (TPSA) is 569 Å². The van der Waals surface area contributed by atoms with Gasteiger partial charge in [0.15, 0.2) is 17.1 Å². The number of guanidine groups is 1. The molecule has 3 aliphatic heterocycles. The summed E-state index contributed by atoms with van der Waals surface area (Å²) in [6.07, 6.45) is -0.368. The van der Waals surface area contributed by atoms with Crippen LogP contribution in [0.1, 0.15) is 160 Å². The third-order valence-corrected chi connectivity index (χ3v) is 21.9. The summed E-state index contributed by atoms with van der Waals surface area (Å²) in [5.41, 5.74) is 10.8. The van der Waals surface area contributed by atoms with Crippen molar-refractivity contribution in [2.75, 3.05) is 60.6 Å². The van der Waals surface area contributed by atoms with Gasteiger partial charge < -0.3 is 113 Å². The van der Waals surface area contributed by atoms with Crippen molar-refractivity contribution >= 4 is 117 Å². The Morgan fingerprint density at radius 2 is 1.13 bits per heavy atom. The zero-order chi connectivity index (χ0) is 91.5. The predicted molar refractivity (Wildman–Crippen MR) is 453 cm³/mol. The average Bonchev–Trinajstić information content (AvgIpc) is 1.67. The van der Waals surface area contributed by atoms with Gasteiger partial charge in [0.05, 0.1) is 46.4 Å². The number of rotatable bonds is 46. The number of likely N-dealkylation sites (tertiary alicyclic amines) is 3. The maximum Gasteiger partial charge on any atom is 0.305 e. The highest BCUT2D eigenvalue weighted by atomic mass is 35.5. The summed E-state index contributed by atoms with van der Waals surface area (Å²) >= 11 is 6.25. The lowest BCUT2D eigenvalue weighted by Gasteiger charge is -2.32. The number of nitrogens with two attached hydrogens (primary N) is 1. The third-order valence-electron chi connectivity index (χ3n) is 21.6. The summed E-state index contributed by atoms with van der Waals surface area (Å²) < 4.78 is 22.3. The number of carboxylic acid groups (broad SMARTS) is 1. The average molecular weight is 1760 g/mol. The Kier molecular flexibility index (Phi) is 37.9. The molecule has 3 aliphatic rings. The second-order valence-electron chi connectivity index (χ2n) is 32.5. The Bertz CT molecular complexity index is 4470. The number of amides is 14. The van der Waals surface area contributed by atoms with Gasteiger partial charge in [-0.25, -0.2) is 5.41 Å².